The molecule has 0 spiro atoms. The molecule has 3 heterocycles. The predicted octanol–water partition coefficient (Wildman–Crippen LogP) is 5.66. The molecule has 3 aliphatic carbocycles. The summed E-state index contributed by atoms with van der Waals surface area (Å²) in [5.74, 6) is -1.49. The van der Waals surface area contributed by atoms with Crippen LogP contribution in [0, 0.1) is 17.8 Å². The summed E-state index contributed by atoms with van der Waals surface area (Å²) in [6, 6.07) is 13.3. The van der Waals surface area contributed by atoms with Crippen LogP contribution in [0.2, 0.25) is 0 Å². The topological polar surface area (TPSA) is 182 Å². The van der Waals surface area contributed by atoms with Crippen LogP contribution < -0.4 is 24.8 Å². The first-order valence-corrected chi connectivity index (χ1v) is 22.6. The van der Waals surface area contributed by atoms with Crippen molar-refractivity contribution in [2.45, 2.75) is 100 Å². The van der Waals surface area contributed by atoms with Crippen LogP contribution in [0.1, 0.15) is 76.7 Å². The Bertz CT molecular complexity index is 2310. The number of amides is 4. The number of nitrogens with one attached hydrogen (secondary N) is 3. The average molecular weight is 840 g/mol. The number of carbonyl (C=O) groups is 4. The van der Waals surface area contributed by atoms with Crippen molar-refractivity contribution in [1.82, 2.24) is 25.2 Å². The van der Waals surface area contributed by atoms with E-state index in [1.54, 1.807) is 7.11 Å². The lowest BCUT2D eigenvalue weighted by molar-refractivity contribution is -0.142. The molecule has 4 amide bonds. The van der Waals surface area contributed by atoms with Crippen molar-refractivity contribution in [3.63, 3.8) is 0 Å². The number of aromatic nitrogens is 1. The maximum absolute atomic E-state index is 14.9. The second-order valence-corrected chi connectivity index (χ2v) is 19.0. The monoisotopic (exact) mass is 839 g/mol. The molecule has 5 aliphatic rings. The van der Waals surface area contributed by atoms with E-state index < -0.39 is 68.7 Å². The Labute approximate surface area is 350 Å². The van der Waals surface area contributed by atoms with Gasteiger partial charge in [-0.25, -0.2) is 18.2 Å². The van der Waals surface area contributed by atoms with Gasteiger partial charge in [0, 0.05) is 41.0 Å². The number of ether oxygens (including phenoxy) is 3. The number of allylic oxidation sites excluding steroid dienone is 1. The van der Waals surface area contributed by atoms with Gasteiger partial charge in [0.15, 0.2) is 0 Å². The third-order valence-corrected chi connectivity index (χ3v) is 14.4. The molecule has 4 bridgehead atoms. The summed E-state index contributed by atoms with van der Waals surface area (Å²) in [7, 11) is -2.31. The van der Waals surface area contributed by atoms with Crippen molar-refractivity contribution < 1.29 is 41.8 Å². The van der Waals surface area contributed by atoms with Gasteiger partial charge in [-0.15, -0.1) is 6.58 Å². The van der Waals surface area contributed by atoms with E-state index in [-0.39, 0.29) is 37.8 Å². The largest absolute Gasteiger partial charge is 0.496 e. The maximum Gasteiger partial charge on any atom is 0.407 e. The lowest BCUT2D eigenvalue weighted by atomic mass is 9.96. The van der Waals surface area contributed by atoms with Gasteiger partial charge >= 0.3 is 6.09 Å². The molecule has 60 heavy (non-hydrogen) atoms. The van der Waals surface area contributed by atoms with Crippen LogP contribution in [-0.4, -0.2) is 91.4 Å². The Balaban J connectivity index is 1.18. The zero-order valence-electron chi connectivity index (χ0n) is 34.1. The molecule has 15 heteroatoms. The number of methoxy groups -OCH3 is 1. The molecule has 3 saturated carbocycles. The summed E-state index contributed by atoms with van der Waals surface area (Å²) in [6.07, 6.45) is 9.92. The fourth-order valence-corrected chi connectivity index (χ4v) is 10.3. The van der Waals surface area contributed by atoms with Crippen LogP contribution in [0.5, 0.6) is 11.5 Å². The number of pyridine rings is 1. The average Bonchev–Trinajstić information content (AvgIpc) is 4.12. The highest BCUT2D eigenvalue weighted by Crippen LogP contribution is 2.46. The van der Waals surface area contributed by atoms with E-state index >= 15 is 0 Å². The highest BCUT2D eigenvalue weighted by atomic mass is 32.2. The first-order chi connectivity index (χ1) is 28.9. The molecule has 0 radical (unpaired) electrons. The molecular formula is C45H53N5O9S. The Morgan fingerprint density at radius 3 is 2.53 bits per heavy atom. The van der Waals surface area contributed by atoms with E-state index in [0.29, 0.717) is 53.8 Å². The smallest absolute Gasteiger partial charge is 0.407 e. The number of fused-ring (bicyclic) bond motifs is 3. The van der Waals surface area contributed by atoms with Crippen molar-refractivity contribution in [2.24, 2.45) is 17.8 Å². The summed E-state index contributed by atoms with van der Waals surface area (Å²) in [4.78, 5) is 63.0. The Kier molecular flexibility index (Phi) is 11.6. The molecular weight excluding hydrogens is 787 g/mol. The van der Waals surface area contributed by atoms with Crippen LogP contribution in [0.4, 0.5) is 4.79 Å². The molecule has 1 unspecified atom stereocenters. The minimum absolute atomic E-state index is 0.0125. The first kappa shape index (κ1) is 41.3. The number of nitrogens with zero attached hydrogens (tertiary/aromatic N) is 2. The standard InChI is InChI=1S/C45H53N5O9S/c1-4-31-24-45(31,43(53)49-60(55,56)33-18-19-33)48-41(51)37-21-32-25-50(37)42(52)40(29-15-10-11-16-29)47-44(54)58-26-27(2)12-8-9-17-30-20-34-36(23-38(30)57-3)46-35(22-39(34)59-32)28-13-6-5-7-14-28/h4-7,9,13-14,17,20,22-23,27,29,31-33,37,40H,1,8,10-12,15-16,18-19,21,24-26H2,2-3H3,(H,47,54)(H,48,51)(H,49,53)/b17-9+/t27?,31-,32+,37-,40-,45+/m0/s1. The summed E-state index contributed by atoms with van der Waals surface area (Å²) >= 11 is 0. The van der Waals surface area contributed by atoms with E-state index in [1.165, 1.54) is 11.0 Å². The van der Waals surface area contributed by atoms with Crippen molar-refractivity contribution >= 4 is 50.8 Å². The molecule has 318 valence electrons. The second kappa shape index (κ2) is 16.9. The number of benzene rings is 2. The molecule has 6 atom stereocenters. The van der Waals surface area contributed by atoms with Crippen LogP contribution in [0.15, 0.2) is 67.3 Å². The molecule has 2 aliphatic heterocycles. The van der Waals surface area contributed by atoms with Gasteiger partial charge in [-0.3, -0.25) is 19.1 Å². The van der Waals surface area contributed by atoms with Gasteiger partial charge in [0.2, 0.25) is 21.8 Å². The number of hydrogen-bond acceptors (Lipinski definition) is 10. The van der Waals surface area contributed by atoms with Gasteiger partial charge in [0.05, 0.1) is 36.7 Å². The van der Waals surface area contributed by atoms with Crippen molar-refractivity contribution in [3.8, 4) is 22.8 Å². The molecule has 8 rings (SSSR count). The Hall–Kier alpha value is -5.44. The third kappa shape index (κ3) is 8.59. The lowest BCUT2D eigenvalue weighted by Gasteiger charge is -2.32. The van der Waals surface area contributed by atoms with Gasteiger partial charge in [-0.2, -0.15) is 0 Å². The van der Waals surface area contributed by atoms with Crippen LogP contribution >= 0.6 is 0 Å². The molecule has 3 aromatic rings. The zero-order chi connectivity index (χ0) is 42.2. The summed E-state index contributed by atoms with van der Waals surface area (Å²) in [5, 5.41) is 5.80. The molecule has 3 N–H and O–H groups in total. The maximum atomic E-state index is 14.9. The van der Waals surface area contributed by atoms with Crippen LogP contribution in [-0.2, 0) is 29.1 Å². The van der Waals surface area contributed by atoms with E-state index in [9.17, 15) is 27.6 Å². The fourth-order valence-electron chi connectivity index (χ4n) is 8.89. The highest BCUT2D eigenvalue weighted by molar-refractivity contribution is 7.91. The number of hydrogen-bond donors (Lipinski definition) is 3. The third-order valence-electron chi connectivity index (χ3n) is 12.6. The van der Waals surface area contributed by atoms with Crippen molar-refractivity contribution in [1.29, 1.82) is 0 Å². The number of cyclic esters (lactones) is 1. The zero-order valence-corrected chi connectivity index (χ0v) is 34.9. The van der Waals surface area contributed by atoms with Crippen LogP contribution in [0.25, 0.3) is 28.2 Å². The first-order valence-electron chi connectivity index (χ1n) is 21.0. The number of carbonyl (C=O) groups excluding carboxylic acids is 4. The fraction of sp³-hybridized carbons (Fsp3) is 0.489. The van der Waals surface area contributed by atoms with E-state index in [1.807, 2.05) is 61.5 Å². The van der Waals surface area contributed by atoms with Gasteiger partial charge in [-0.1, -0.05) is 68.3 Å². The minimum atomic E-state index is -3.91. The van der Waals surface area contributed by atoms with Gasteiger partial charge in [0.25, 0.3) is 5.91 Å². The van der Waals surface area contributed by atoms with Gasteiger partial charge in [-0.05, 0) is 62.8 Å². The van der Waals surface area contributed by atoms with Crippen LogP contribution in [0.3, 0.4) is 0 Å². The summed E-state index contributed by atoms with van der Waals surface area (Å²) in [6.45, 7) is 5.96. The van der Waals surface area contributed by atoms with E-state index in [0.717, 1.165) is 36.8 Å². The quantitative estimate of drug-likeness (QED) is 0.228. The number of alkyl carbamates (subject to hydrolysis) is 1. The minimum Gasteiger partial charge on any atom is -0.496 e. The summed E-state index contributed by atoms with van der Waals surface area (Å²) in [5.41, 5.74) is 1.38. The van der Waals surface area contributed by atoms with Gasteiger partial charge in [0.1, 0.15) is 35.2 Å². The predicted molar refractivity (Wildman–Crippen MR) is 225 cm³/mol. The van der Waals surface area contributed by atoms with E-state index in [4.69, 9.17) is 19.2 Å². The normalized spacial score (nSPS) is 28.0. The lowest BCUT2D eigenvalue weighted by Crippen LogP contribution is -2.59. The second-order valence-electron chi connectivity index (χ2n) is 17.0. The molecule has 1 aromatic heterocycles. The molecule has 4 fully saturated rings. The number of sulfonamides is 1. The summed E-state index contributed by atoms with van der Waals surface area (Å²) < 4.78 is 46.3. The van der Waals surface area contributed by atoms with E-state index in [2.05, 4.69) is 28.0 Å². The molecule has 2 aromatic carbocycles. The van der Waals surface area contributed by atoms with Gasteiger partial charge < -0.3 is 29.7 Å². The van der Waals surface area contributed by atoms with Crippen molar-refractivity contribution in [3.05, 3.63) is 72.8 Å². The Morgan fingerprint density at radius 1 is 1.07 bits per heavy atom. The number of rotatable bonds is 9. The molecule has 1 saturated heterocycles. The highest BCUT2D eigenvalue weighted by Gasteiger charge is 2.62. The molecule has 14 nitrogen and oxygen atoms in total. The van der Waals surface area contributed by atoms with Crippen molar-refractivity contribution in [2.75, 3.05) is 20.3 Å². The Morgan fingerprint density at radius 2 is 1.83 bits per heavy atom. The SMILES string of the molecule is C=C[C@H]1C[C@]1(NC(=O)[C@@H]1C[C@@H]2CN1C(=O)[C@H](C1CCCC1)NC(=O)OCC(C)CC/C=C/c1cc3c(cc(-c4ccccc4)nc3cc1OC)O2)C(=O)NS(=O)(=O)C1CC1.